The summed E-state index contributed by atoms with van der Waals surface area (Å²) in [5.74, 6) is 0. The zero-order valence-corrected chi connectivity index (χ0v) is 11.8. The Morgan fingerprint density at radius 1 is 0.714 bits per heavy atom. The smallest absolute Gasteiger partial charge is 0.0461 e. The summed E-state index contributed by atoms with van der Waals surface area (Å²) in [5.41, 5.74) is 10.1. The van der Waals surface area contributed by atoms with Gasteiger partial charge in [-0.2, -0.15) is 0 Å². The molecule has 0 aromatic heterocycles. The Morgan fingerprint density at radius 2 is 1.29 bits per heavy atom. The summed E-state index contributed by atoms with van der Waals surface area (Å²) in [6.07, 6.45) is 9.08. The van der Waals surface area contributed by atoms with Crippen molar-refractivity contribution in [1.82, 2.24) is 0 Å². The van der Waals surface area contributed by atoms with E-state index in [2.05, 4.69) is 65.6 Å². The first-order valence-electron chi connectivity index (χ1n) is 7.09. The van der Waals surface area contributed by atoms with E-state index in [9.17, 15) is 0 Å². The molecule has 0 radical (unpaired) electrons. The van der Waals surface area contributed by atoms with Crippen LogP contribution in [0.1, 0.15) is 6.42 Å². The number of benzene rings is 2. The first-order chi connectivity index (χ1) is 10.3. The molecule has 0 atom stereocenters. The lowest BCUT2D eigenvalue weighted by atomic mass is 10.2. The van der Waals surface area contributed by atoms with Crippen LogP contribution in [0, 0.1) is 0 Å². The summed E-state index contributed by atoms with van der Waals surface area (Å²) in [5, 5.41) is 0. The van der Waals surface area contributed by atoms with Crippen molar-refractivity contribution < 1.29 is 0 Å². The largest absolute Gasteiger partial charge is 0.399 e. The van der Waals surface area contributed by atoms with Crippen molar-refractivity contribution in [2.75, 3.05) is 4.90 Å². The van der Waals surface area contributed by atoms with E-state index in [0.717, 1.165) is 29.2 Å². The average Bonchev–Trinajstić information content (AvgIpc) is 2.75. The highest BCUT2D eigenvalue weighted by atomic mass is 15.1. The van der Waals surface area contributed by atoms with Gasteiger partial charge in [0.25, 0.3) is 0 Å². The molecule has 0 unspecified atom stereocenters. The average molecular weight is 274 g/mol. The third kappa shape index (κ3) is 3.06. The summed E-state index contributed by atoms with van der Waals surface area (Å²) in [7, 11) is 0. The van der Waals surface area contributed by atoms with Gasteiger partial charge in [0.05, 0.1) is 0 Å². The van der Waals surface area contributed by atoms with Crippen LogP contribution in [0.25, 0.3) is 0 Å². The van der Waals surface area contributed by atoms with Crippen LogP contribution in [0.5, 0.6) is 0 Å². The second-order valence-corrected chi connectivity index (χ2v) is 4.91. The fourth-order valence-electron chi connectivity index (χ4n) is 2.40. The molecule has 0 fully saturated rings. The van der Waals surface area contributed by atoms with Crippen LogP contribution in [-0.4, -0.2) is 0 Å². The molecule has 0 bridgehead atoms. The third-order valence-electron chi connectivity index (χ3n) is 3.41. The molecule has 21 heavy (non-hydrogen) atoms. The number of hydrogen-bond donors (Lipinski definition) is 1. The predicted octanol–water partition coefficient (Wildman–Crippen LogP) is 4.51. The fourth-order valence-corrected chi connectivity index (χ4v) is 2.40. The van der Waals surface area contributed by atoms with Crippen molar-refractivity contribution in [3.05, 3.63) is 96.4 Å². The van der Waals surface area contributed by atoms with E-state index in [1.54, 1.807) is 0 Å². The molecule has 0 heterocycles. The van der Waals surface area contributed by atoms with Crippen molar-refractivity contribution in [2.24, 2.45) is 5.73 Å². The number of rotatable bonds is 3. The maximum atomic E-state index is 5.90. The van der Waals surface area contributed by atoms with E-state index < -0.39 is 0 Å². The van der Waals surface area contributed by atoms with Gasteiger partial charge in [0.15, 0.2) is 0 Å². The minimum atomic E-state index is 0.808. The third-order valence-corrected chi connectivity index (χ3v) is 3.41. The topological polar surface area (TPSA) is 29.3 Å². The van der Waals surface area contributed by atoms with E-state index in [1.165, 1.54) is 0 Å². The molecule has 3 rings (SSSR count). The van der Waals surface area contributed by atoms with Crippen molar-refractivity contribution in [3.8, 4) is 0 Å². The minimum absolute atomic E-state index is 0.808. The van der Waals surface area contributed by atoms with E-state index in [-0.39, 0.29) is 0 Å². The minimum Gasteiger partial charge on any atom is -0.399 e. The number of nitrogens with two attached hydrogens (primary N) is 1. The van der Waals surface area contributed by atoms with Gasteiger partial charge in [0.1, 0.15) is 0 Å². The van der Waals surface area contributed by atoms with Gasteiger partial charge < -0.3 is 10.6 Å². The zero-order chi connectivity index (χ0) is 14.5. The Hall–Kier alpha value is -2.74. The van der Waals surface area contributed by atoms with Crippen LogP contribution in [-0.2, 0) is 0 Å². The van der Waals surface area contributed by atoms with Gasteiger partial charge in [-0.3, -0.25) is 0 Å². The first-order valence-corrected chi connectivity index (χ1v) is 7.09. The Labute approximate surface area is 125 Å². The molecule has 1 aliphatic rings. The maximum Gasteiger partial charge on any atom is 0.0461 e. The van der Waals surface area contributed by atoms with Crippen molar-refractivity contribution >= 4 is 11.4 Å². The van der Waals surface area contributed by atoms with Crippen LogP contribution >= 0.6 is 0 Å². The molecular formula is C19H18N2. The highest BCUT2D eigenvalue weighted by Crippen LogP contribution is 2.30. The SMILES string of the molecule is NC1=CCC=C(N(c2ccccc2)c2ccccc2)C=C1. The van der Waals surface area contributed by atoms with Gasteiger partial charge in [0, 0.05) is 22.8 Å². The zero-order valence-electron chi connectivity index (χ0n) is 11.8. The summed E-state index contributed by atoms with van der Waals surface area (Å²) >= 11 is 0. The second-order valence-electron chi connectivity index (χ2n) is 4.91. The molecule has 0 amide bonds. The van der Waals surface area contributed by atoms with Gasteiger partial charge in [-0.05, 0) is 42.8 Å². The van der Waals surface area contributed by atoms with E-state index in [1.807, 2.05) is 24.3 Å². The predicted molar refractivity (Wildman–Crippen MR) is 89.1 cm³/mol. The molecule has 2 N–H and O–H groups in total. The quantitative estimate of drug-likeness (QED) is 0.892. The number of nitrogens with zero attached hydrogens (tertiary/aromatic N) is 1. The van der Waals surface area contributed by atoms with Gasteiger partial charge >= 0.3 is 0 Å². The lowest BCUT2D eigenvalue weighted by Crippen LogP contribution is -2.14. The maximum absolute atomic E-state index is 5.90. The summed E-state index contributed by atoms with van der Waals surface area (Å²) in [6, 6.07) is 20.7. The van der Waals surface area contributed by atoms with Crippen LogP contribution in [0.4, 0.5) is 11.4 Å². The van der Waals surface area contributed by atoms with Crippen LogP contribution in [0.2, 0.25) is 0 Å². The van der Waals surface area contributed by atoms with Crippen molar-refractivity contribution in [2.45, 2.75) is 6.42 Å². The highest BCUT2D eigenvalue weighted by molar-refractivity contribution is 5.70. The molecule has 2 heteroatoms. The monoisotopic (exact) mass is 274 g/mol. The van der Waals surface area contributed by atoms with E-state index in [0.29, 0.717) is 0 Å². The summed E-state index contributed by atoms with van der Waals surface area (Å²) in [4.78, 5) is 2.24. The standard InChI is InChI=1S/C19H18N2/c20-16-8-7-13-19(15-14-16)21(17-9-3-1-4-10-17)18-11-5-2-6-12-18/h1-6,8-15H,7,20H2. The van der Waals surface area contributed by atoms with Crippen LogP contribution in [0.15, 0.2) is 96.4 Å². The fraction of sp³-hybridized carbons (Fsp3) is 0.0526. The molecule has 0 saturated heterocycles. The van der Waals surface area contributed by atoms with Gasteiger partial charge in [0.2, 0.25) is 0 Å². The molecule has 1 aliphatic carbocycles. The second kappa shape index (κ2) is 6.14. The normalized spacial score (nSPS) is 14.1. The molecular weight excluding hydrogens is 256 g/mol. The molecule has 0 aliphatic heterocycles. The Kier molecular flexibility index (Phi) is 3.88. The molecule has 2 aromatic carbocycles. The molecule has 0 saturated carbocycles. The summed E-state index contributed by atoms with van der Waals surface area (Å²) in [6.45, 7) is 0. The lowest BCUT2D eigenvalue weighted by Gasteiger charge is -2.26. The van der Waals surface area contributed by atoms with Gasteiger partial charge in [-0.25, -0.2) is 0 Å². The highest BCUT2D eigenvalue weighted by Gasteiger charge is 2.12. The number of para-hydroxylation sites is 2. The van der Waals surface area contributed by atoms with E-state index >= 15 is 0 Å². The van der Waals surface area contributed by atoms with Crippen LogP contribution in [0.3, 0.4) is 0 Å². The molecule has 104 valence electrons. The Balaban J connectivity index is 2.06. The molecule has 2 nitrogen and oxygen atoms in total. The lowest BCUT2D eigenvalue weighted by molar-refractivity contribution is 1.18. The van der Waals surface area contributed by atoms with Gasteiger partial charge in [-0.1, -0.05) is 48.6 Å². The summed E-state index contributed by atoms with van der Waals surface area (Å²) < 4.78 is 0. The van der Waals surface area contributed by atoms with Crippen molar-refractivity contribution in [3.63, 3.8) is 0 Å². The Morgan fingerprint density at radius 3 is 1.86 bits per heavy atom. The van der Waals surface area contributed by atoms with E-state index in [4.69, 9.17) is 5.73 Å². The van der Waals surface area contributed by atoms with Crippen molar-refractivity contribution in [1.29, 1.82) is 0 Å². The number of allylic oxidation sites excluding steroid dienone is 4. The molecule has 2 aromatic rings. The number of anilines is 2. The Bertz CT molecular complexity index is 643. The number of hydrogen-bond acceptors (Lipinski definition) is 2. The van der Waals surface area contributed by atoms with Gasteiger partial charge in [-0.15, -0.1) is 0 Å². The molecule has 0 spiro atoms. The van der Waals surface area contributed by atoms with Crippen LogP contribution < -0.4 is 10.6 Å². The first kappa shape index (κ1) is 13.3.